The van der Waals surface area contributed by atoms with Gasteiger partial charge in [-0.3, -0.25) is 4.79 Å². The molecule has 1 saturated heterocycles. The van der Waals surface area contributed by atoms with E-state index in [0.29, 0.717) is 6.54 Å². The quantitative estimate of drug-likeness (QED) is 0.630. The zero-order chi connectivity index (χ0) is 20.5. The monoisotopic (exact) mass is 391 g/mol. The lowest BCUT2D eigenvalue weighted by atomic mass is 10.1. The summed E-state index contributed by atoms with van der Waals surface area (Å²) in [6.07, 6.45) is 3.72. The van der Waals surface area contributed by atoms with E-state index in [-0.39, 0.29) is 17.8 Å². The minimum absolute atomic E-state index is 0.0440. The van der Waals surface area contributed by atoms with Gasteiger partial charge in [-0.1, -0.05) is 29.3 Å². The van der Waals surface area contributed by atoms with Gasteiger partial charge in [0.15, 0.2) is 0 Å². The van der Waals surface area contributed by atoms with Crippen LogP contribution in [0.4, 0.5) is 4.39 Å². The van der Waals surface area contributed by atoms with Crippen molar-refractivity contribution < 1.29 is 9.18 Å². The number of amides is 1. The Kier molecular flexibility index (Phi) is 5.22. The van der Waals surface area contributed by atoms with Crippen LogP contribution in [0, 0.1) is 26.6 Å². The summed E-state index contributed by atoms with van der Waals surface area (Å²) in [7, 11) is 0. The molecule has 0 saturated carbocycles. The van der Waals surface area contributed by atoms with Gasteiger partial charge in [0.25, 0.3) is 5.91 Å². The van der Waals surface area contributed by atoms with E-state index in [9.17, 15) is 9.18 Å². The second-order valence-corrected chi connectivity index (χ2v) is 8.00. The van der Waals surface area contributed by atoms with Crippen molar-refractivity contribution in [2.45, 2.75) is 46.2 Å². The fraction of sp³-hybridized carbons (Fsp3) is 0.333. The first kappa shape index (κ1) is 19.4. The number of halogens is 1. The van der Waals surface area contributed by atoms with Gasteiger partial charge >= 0.3 is 0 Å². The van der Waals surface area contributed by atoms with E-state index in [1.54, 1.807) is 12.1 Å². The second-order valence-electron chi connectivity index (χ2n) is 8.00. The molecule has 1 aromatic heterocycles. The fourth-order valence-corrected chi connectivity index (χ4v) is 4.27. The molecule has 0 bridgehead atoms. The Balaban J connectivity index is 1.64. The molecule has 2 aromatic carbocycles. The highest BCUT2D eigenvalue weighted by Gasteiger charge is 2.34. The Labute approximate surface area is 171 Å². The summed E-state index contributed by atoms with van der Waals surface area (Å²) >= 11 is 0. The molecule has 0 radical (unpaired) electrons. The number of hydrogen-bond acceptors (Lipinski definition) is 2. The highest BCUT2D eigenvalue weighted by molar-refractivity contribution is 5.95. The van der Waals surface area contributed by atoms with Crippen molar-refractivity contribution in [3.8, 4) is 0 Å². The second kappa shape index (κ2) is 7.82. The number of benzene rings is 2. The van der Waals surface area contributed by atoms with Crippen LogP contribution >= 0.6 is 0 Å². The van der Waals surface area contributed by atoms with E-state index >= 15 is 0 Å². The lowest BCUT2D eigenvalue weighted by Gasteiger charge is -2.26. The molecule has 5 heteroatoms. The summed E-state index contributed by atoms with van der Waals surface area (Å²) in [6.45, 7) is 7.40. The molecule has 150 valence electrons. The van der Waals surface area contributed by atoms with Crippen LogP contribution in [-0.2, 0) is 6.54 Å². The SMILES string of the molecule is Cc1cc(C)cc(C(=O)N2CCCC2c2ncc(C)n2Cc2ccc(F)cc2)c1. The van der Waals surface area contributed by atoms with Gasteiger partial charge in [0.2, 0.25) is 0 Å². The molecule has 1 amide bonds. The Morgan fingerprint density at radius 1 is 1.10 bits per heavy atom. The highest BCUT2D eigenvalue weighted by Crippen LogP contribution is 2.33. The molecular weight excluding hydrogens is 365 g/mol. The number of nitrogens with zero attached hydrogens (tertiary/aromatic N) is 3. The summed E-state index contributed by atoms with van der Waals surface area (Å²) in [4.78, 5) is 19.9. The van der Waals surface area contributed by atoms with Crippen LogP contribution in [0.5, 0.6) is 0 Å². The molecule has 29 heavy (non-hydrogen) atoms. The highest BCUT2D eigenvalue weighted by atomic mass is 19.1. The molecule has 3 aromatic rings. The van der Waals surface area contributed by atoms with Crippen LogP contribution in [0.15, 0.2) is 48.7 Å². The summed E-state index contributed by atoms with van der Waals surface area (Å²) in [6, 6.07) is 12.5. The van der Waals surface area contributed by atoms with Crippen molar-refractivity contribution in [1.82, 2.24) is 14.5 Å². The van der Waals surface area contributed by atoms with E-state index in [1.807, 2.05) is 44.0 Å². The van der Waals surface area contributed by atoms with Crippen molar-refractivity contribution in [3.63, 3.8) is 0 Å². The van der Waals surface area contributed by atoms with Gasteiger partial charge in [0, 0.05) is 30.5 Å². The first-order valence-electron chi connectivity index (χ1n) is 10.1. The number of hydrogen-bond donors (Lipinski definition) is 0. The van der Waals surface area contributed by atoms with Crippen LogP contribution in [0.25, 0.3) is 0 Å². The smallest absolute Gasteiger partial charge is 0.254 e. The Bertz CT molecular complexity index is 1020. The summed E-state index contributed by atoms with van der Waals surface area (Å²) in [5.74, 6) is 0.729. The van der Waals surface area contributed by atoms with Gasteiger partial charge in [-0.05, 0) is 63.4 Å². The van der Waals surface area contributed by atoms with E-state index in [4.69, 9.17) is 0 Å². The average molecular weight is 391 g/mol. The van der Waals surface area contributed by atoms with Crippen LogP contribution in [0.2, 0.25) is 0 Å². The number of rotatable bonds is 4. The molecule has 2 heterocycles. The third-order valence-corrected chi connectivity index (χ3v) is 5.62. The van der Waals surface area contributed by atoms with E-state index in [2.05, 4.69) is 15.6 Å². The van der Waals surface area contributed by atoms with Crippen molar-refractivity contribution >= 4 is 5.91 Å². The third-order valence-electron chi connectivity index (χ3n) is 5.62. The largest absolute Gasteiger partial charge is 0.328 e. The fourth-order valence-electron chi connectivity index (χ4n) is 4.27. The van der Waals surface area contributed by atoms with Crippen molar-refractivity contribution in [3.05, 3.63) is 88.3 Å². The number of likely N-dealkylation sites (tertiary alicyclic amines) is 1. The van der Waals surface area contributed by atoms with Gasteiger partial charge in [0.1, 0.15) is 11.6 Å². The van der Waals surface area contributed by atoms with Crippen molar-refractivity contribution in [1.29, 1.82) is 0 Å². The molecule has 4 rings (SSSR count). The van der Waals surface area contributed by atoms with Crippen LogP contribution in [-0.4, -0.2) is 26.9 Å². The van der Waals surface area contributed by atoms with Gasteiger partial charge in [-0.15, -0.1) is 0 Å². The topological polar surface area (TPSA) is 38.1 Å². The molecule has 1 aliphatic heterocycles. The maximum absolute atomic E-state index is 13.3. The molecule has 0 N–H and O–H groups in total. The summed E-state index contributed by atoms with van der Waals surface area (Å²) in [5, 5.41) is 0. The predicted octanol–water partition coefficient (Wildman–Crippen LogP) is 4.97. The van der Waals surface area contributed by atoms with Crippen molar-refractivity contribution in [2.75, 3.05) is 6.54 Å². The molecule has 1 atom stereocenters. The molecule has 1 fully saturated rings. The molecule has 1 unspecified atom stereocenters. The Hall–Kier alpha value is -2.95. The maximum Gasteiger partial charge on any atom is 0.254 e. The van der Waals surface area contributed by atoms with E-state index < -0.39 is 0 Å². The minimum Gasteiger partial charge on any atom is -0.328 e. The minimum atomic E-state index is -0.239. The normalized spacial score (nSPS) is 16.4. The molecule has 1 aliphatic rings. The number of imidazole rings is 1. The average Bonchev–Trinajstić information content (AvgIpc) is 3.29. The van der Waals surface area contributed by atoms with Gasteiger partial charge in [0.05, 0.1) is 6.04 Å². The maximum atomic E-state index is 13.3. The number of aromatic nitrogens is 2. The molecular formula is C24H26FN3O. The molecule has 4 nitrogen and oxygen atoms in total. The number of carbonyl (C=O) groups excluding carboxylic acids is 1. The van der Waals surface area contributed by atoms with Crippen LogP contribution in [0.1, 0.15) is 57.5 Å². The lowest BCUT2D eigenvalue weighted by molar-refractivity contribution is 0.0727. The van der Waals surface area contributed by atoms with Crippen molar-refractivity contribution in [2.24, 2.45) is 0 Å². The Morgan fingerprint density at radius 2 is 1.79 bits per heavy atom. The number of carbonyl (C=O) groups is 1. The predicted molar refractivity (Wildman–Crippen MR) is 111 cm³/mol. The summed E-state index contributed by atoms with van der Waals surface area (Å²) in [5.41, 5.74) is 4.98. The first-order chi connectivity index (χ1) is 13.9. The standard InChI is InChI=1S/C24H26FN3O/c1-16-11-17(2)13-20(12-16)24(29)27-10-4-5-22(27)23-26-14-18(3)28(23)15-19-6-8-21(25)9-7-19/h6-9,11-14,22H,4-5,10,15H2,1-3H3. The zero-order valence-electron chi connectivity index (χ0n) is 17.2. The van der Waals surface area contributed by atoms with Gasteiger partial charge < -0.3 is 9.47 Å². The summed E-state index contributed by atoms with van der Waals surface area (Å²) < 4.78 is 15.4. The molecule has 0 aliphatic carbocycles. The number of aryl methyl sites for hydroxylation is 3. The van der Waals surface area contributed by atoms with Gasteiger partial charge in [-0.2, -0.15) is 0 Å². The van der Waals surface area contributed by atoms with E-state index in [0.717, 1.165) is 53.2 Å². The van der Waals surface area contributed by atoms with Crippen LogP contribution < -0.4 is 0 Å². The third kappa shape index (κ3) is 3.95. The van der Waals surface area contributed by atoms with Gasteiger partial charge in [-0.25, -0.2) is 9.37 Å². The van der Waals surface area contributed by atoms with E-state index in [1.165, 1.54) is 12.1 Å². The zero-order valence-corrected chi connectivity index (χ0v) is 17.2. The lowest BCUT2D eigenvalue weighted by Crippen LogP contribution is -2.32. The molecule has 0 spiro atoms. The van der Waals surface area contributed by atoms with Crippen LogP contribution in [0.3, 0.4) is 0 Å². The Morgan fingerprint density at radius 3 is 2.48 bits per heavy atom. The first-order valence-corrected chi connectivity index (χ1v) is 10.1.